The highest BCUT2D eigenvalue weighted by Crippen LogP contribution is 2.32. The number of aliphatic hydroxyl groups excluding tert-OH is 1. The highest BCUT2D eigenvalue weighted by atomic mass is 35.5. The summed E-state index contributed by atoms with van der Waals surface area (Å²) in [6.45, 7) is 1.38. The van der Waals surface area contributed by atoms with Gasteiger partial charge in [0.25, 0.3) is 0 Å². The van der Waals surface area contributed by atoms with Crippen LogP contribution in [0, 0.1) is 0 Å². The molecule has 4 heteroatoms. The summed E-state index contributed by atoms with van der Waals surface area (Å²) in [6.07, 6.45) is 2.34. The maximum Gasteiger partial charge on any atom is 0.121 e. The van der Waals surface area contributed by atoms with Crippen molar-refractivity contribution in [3.63, 3.8) is 0 Å². The minimum absolute atomic E-state index is 0.141. The number of phenolic OH excluding ortho intramolecular Hbond substituents is 1. The second-order valence-corrected chi connectivity index (χ2v) is 4.57. The number of halogens is 1. The molecule has 0 radical (unpaired) electrons. The molecule has 1 aliphatic rings. The normalized spacial score (nSPS) is 15.7. The number of nitrogens with zero attached hydrogens (tertiary/aromatic N) is 1. The van der Waals surface area contributed by atoms with E-state index in [1.807, 2.05) is 0 Å². The van der Waals surface area contributed by atoms with E-state index in [-0.39, 0.29) is 12.4 Å². The van der Waals surface area contributed by atoms with Crippen molar-refractivity contribution in [1.82, 2.24) is 4.90 Å². The van der Waals surface area contributed by atoms with Gasteiger partial charge in [-0.25, -0.2) is 0 Å². The molecular weight excluding hydrogens is 226 g/mol. The zero-order valence-electron chi connectivity index (χ0n) is 9.06. The van der Waals surface area contributed by atoms with Gasteiger partial charge in [-0.05, 0) is 25.0 Å². The van der Waals surface area contributed by atoms with Crippen LogP contribution in [-0.2, 0) is 6.54 Å². The minimum Gasteiger partial charge on any atom is -0.508 e. The lowest BCUT2D eigenvalue weighted by Gasteiger charge is -2.21. The Hall–Kier alpha value is -0.770. The SMILES string of the molecule is OCCN(Cc1c(O)cccc1Cl)C1CC1. The Bertz CT molecular complexity index is 346. The number of hydrogen-bond donors (Lipinski definition) is 2. The van der Waals surface area contributed by atoms with Gasteiger partial charge in [0.15, 0.2) is 0 Å². The third-order valence-electron chi connectivity index (χ3n) is 2.91. The van der Waals surface area contributed by atoms with Crippen LogP contribution in [-0.4, -0.2) is 34.3 Å². The molecule has 3 nitrogen and oxygen atoms in total. The number of benzene rings is 1. The highest BCUT2D eigenvalue weighted by Gasteiger charge is 2.29. The lowest BCUT2D eigenvalue weighted by atomic mass is 10.2. The molecule has 0 spiro atoms. The summed E-state index contributed by atoms with van der Waals surface area (Å²) < 4.78 is 0. The maximum absolute atomic E-state index is 9.74. The van der Waals surface area contributed by atoms with Crippen molar-refractivity contribution in [2.24, 2.45) is 0 Å². The van der Waals surface area contributed by atoms with Crippen molar-refractivity contribution in [1.29, 1.82) is 0 Å². The van der Waals surface area contributed by atoms with Gasteiger partial charge in [0.1, 0.15) is 5.75 Å². The average molecular weight is 242 g/mol. The fraction of sp³-hybridized carbons (Fsp3) is 0.500. The summed E-state index contributed by atoms with van der Waals surface area (Å²) in [5.41, 5.74) is 0.754. The molecular formula is C12H16ClNO2. The van der Waals surface area contributed by atoms with Gasteiger partial charge in [0.2, 0.25) is 0 Å². The number of aliphatic hydroxyl groups is 1. The Labute approximate surface area is 100 Å². The maximum atomic E-state index is 9.74. The van der Waals surface area contributed by atoms with E-state index < -0.39 is 0 Å². The molecule has 88 valence electrons. The Morgan fingerprint density at radius 2 is 2.12 bits per heavy atom. The predicted octanol–water partition coefficient (Wildman–Crippen LogP) is 2.00. The van der Waals surface area contributed by atoms with Gasteiger partial charge in [0.05, 0.1) is 6.61 Å². The molecule has 0 atom stereocenters. The van der Waals surface area contributed by atoms with E-state index in [0.717, 1.165) is 5.56 Å². The van der Waals surface area contributed by atoms with E-state index in [9.17, 15) is 5.11 Å². The highest BCUT2D eigenvalue weighted by molar-refractivity contribution is 6.31. The van der Waals surface area contributed by atoms with Gasteiger partial charge in [-0.2, -0.15) is 0 Å². The van der Waals surface area contributed by atoms with Crippen molar-refractivity contribution in [3.05, 3.63) is 28.8 Å². The van der Waals surface area contributed by atoms with Crippen LogP contribution in [0.25, 0.3) is 0 Å². The van der Waals surface area contributed by atoms with Crippen LogP contribution >= 0.6 is 11.6 Å². The van der Waals surface area contributed by atoms with Gasteiger partial charge in [-0.1, -0.05) is 17.7 Å². The van der Waals surface area contributed by atoms with Crippen molar-refractivity contribution < 1.29 is 10.2 Å². The monoisotopic (exact) mass is 241 g/mol. The molecule has 0 amide bonds. The van der Waals surface area contributed by atoms with Crippen molar-refractivity contribution >= 4 is 11.6 Å². The molecule has 0 bridgehead atoms. The molecule has 1 aromatic rings. The van der Waals surface area contributed by atoms with E-state index in [1.165, 1.54) is 12.8 Å². The van der Waals surface area contributed by atoms with Crippen LogP contribution in [0.15, 0.2) is 18.2 Å². The van der Waals surface area contributed by atoms with E-state index >= 15 is 0 Å². The van der Waals surface area contributed by atoms with Crippen molar-refractivity contribution in [2.45, 2.75) is 25.4 Å². The lowest BCUT2D eigenvalue weighted by Crippen LogP contribution is -2.28. The number of phenols is 1. The summed E-state index contributed by atoms with van der Waals surface area (Å²) in [4.78, 5) is 2.17. The lowest BCUT2D eigenvalue weighted by molar-refractivity contribution is 0.182. The first-order chi connectivity index (χ1) is 7.72. The summed E-state index contributed by atoms with van der Waals surface area (Å²) in [5.74, 6) is 0.232. The van der Waals surface area contributed by atoms with Gasteiger partial charge in [-0.15, -0.1) is 0 Å². The molecule has 0 heterocycles. The molecule has 0 saturated heterocycles. The summed E-state index contributed by atoms with van der Waals surface area (Å²) in [6, 6.07) is 5.70. The van der Waals surface area contributed by atoms with Crippen LogP contribution in [0.5, 0.6) is 5.75 Å². The standard InChI is InChI=1S/C12H16ClNO2/c13-11-2-1-3-12(16)10(11)8-14(6-7-15)9-4-5-9/h1-3,9,15-16H,4-8H2. The minimum atomic E-state index is 0.141. The third kappa shape index (κ3) is 2.67. The Morgan fingerprint density at radius 3 is 2.69 bits per heavy atom. The van der Waals surface area contributed by atoms with Gasteiger partial charge in [-0.3, -0.25) is 4.90 Å². The zero-order valence-corrected chi connectivity index (χ0v) is 9.82. The second-order valence-electron chi connectivity index (χ2n) is 4.16. The van der Waals surface area contributed by atoms with E-state index in [0.29, 0.717) is 24.2 Å². The molecule has 1 aliphatic carbocycles. The molecule has 0 unspecified atom stereocenters. The molecule has 16 heavy (non-hydrogen) atoms. The fourth-order valence-corrected chi connectivity index (χ4v) is 2.10. The van der Waals surface area contributed by atoms with Gasteiger partial charge < -0.3 is 10.2 Å². The molecule has 0 aliphatic heterocycles. The van der Waals surface area contributed by atoms with E-state index in [4.69, 9.17) is 16.7 Å². The van der Waals surface area contributed by atoms with Crippen LogP contribution in [0.1, 0.15) is 18.4 Å². The summed E-state index contributed by atoms with van der Waals surface area (Å²) in [5, 5.41) is 19.3. The van der Waals surface area contributed by atoms with Crippen LogP contribution in [0.3, 0.4) is 0 Å². The molecule has 1 aromatic carbocycles. The molecule has 0 aromatic heterocycles. The topological polar surface area (TPSA) is 43.7 Å². The first-order valence-electron chi connectivity index (χ1n) is 5.53. The number of aromatic hydroxyl groups is 1. The second kappa shape index (κ2) is 5.04. The first kappa shape index (κ1) is 11.7. The number of hydrogen-bond acceptors (Lipinski definition) is 3. The van der Waals surface area contributed by atoms with Crippen LogP contribution in [0.2, 0.25) is 5.02 Å². The summed E-state index contributed by atoms with van der Waals surface area (Å²) in [7, 11) is 0. The number of rotatable bonds is 5. The van der Waals surface area contributed by atoms with Gasteiger partial charge >= 0.3 is 0 Å². The molecule has 1 saturated carbocycles. The van der Waals surface area contributed by atoms with E-state index in [2.05, 4.69) is 4.90 Å². The average Bonchev–Trinajstić information content (AvgIpc) is 3.06. The Kier molecular flexibility index (Phi) is 3.69. The Balaban J connectivity index is 2.11. The van der Waals surface area contributed by atoms with E-state index in [1.54, 1.807) is 18.2 Å². The first-order valence-corrected chi connectivity index (χ1v) is 5.91. The Morgan fingerprint density at radius 1 is 1.38 bits per heavy atom. The van der Waals surface area contributed by atoms with Crippen molar-refractivity contribution in [3.8, 4) is 5.75 Å². The quantitative estimate of drug-likeness (QED) is 0.829. The third-order valence-corrected chi connectivity index (χ3v) is 3.26. The molecule has 2 N–H and O–H groups in total. The predicted molar refractivity (Wildman–Crippen MR) is 63.6 cm³/mol. The zero-order chi connectivity index (χ0) is 11.5. The smallest absolute Gasteiger partial charge is 0.121 e. The van der Waals surface area contributed by atoms with Crippen LogP contribution < -0.4 is 0 Å². The van der Waals surface area contributed by atoms with Crippen molar-refractivity contribution in [2.75, 3.05) is 13.2 Å². The van der Waals surface area contributed by atoms with Crippen LogP contribution in [0.4, 0.5) is 0 Å². The fourth-order valence-electron chi connectivity index (χ4n) is 1.87. The molecule has 2 rings (SSSR count). The molecule has 1 fully saturated rings. The van der Waals surface area contributed by atoms with Gasteiger partial charge in [0, 0.05) is 29.7 Å². The largest absolute Gasteiger partial charge is 0.508 e. The summed E-state index contributed by atoms with van der Waals surface area (Å²) >= 11 is 6.05.